The van der Waals surface area contributed by atoms with E-state index in [4.69, 9.17) is 0 Å². The summed E-state index contributed by atoms with van der Waals surface area (Å²) in [5.74, 6) is 1.16. The zero-order valence-electron chi connectivity index (χ0n) is 13.0. The Kier molecular flexibility index (Phi) is 7.87. The van der Waals surface area contributed by atoms with Gasteiger partial charge in [-0.05, 0) is 50.4 Å². The van der Waals surface area contributed by atoms with Gasteiger partial charge in [0, 0.05) is 10.9 Å². The first-order valence-corrected chi connectivity index (χ1v) is 8.10. The van der Waals surface area contributed by atoms with Crippen molar-refractivity contribution >= 4 is 24.2 Å². The standard InChI is InChI=1S/C18H23NS.ClH/c1-15(19(2)3)13-14-20-18-12-8-7-11-17(18)16-9-5-4-6-10-16;/h4-12,15H,13-14H2,1-3H3;1H. The molecule has 0 aliphatic carbocycles. The molecule has 0 heterocycles. The Morgan fingerprint density at radius 1 is 0.952 bits per heavy atom. The first-order chi connectivity index (χ1) is 9.68. The van der Waals surface area contributed by atoms with Crippen molar-refractivity contribution in [2.45, 2.75) is 24.3 Å². The van der Waals surface area contributed by atoms with Gasteiger partial charge in [0.05, 0.1) is 0 Å². The van der Waals surface area contributed by atoms with Crippen LogP contribution in [0.15, 0.2) is 59.5 Å². The molecule has 0 saturated carbocycles. The van der Waals surface area contributed by atoms with E-state index >= 15 is 0 Å². The predicted octanol–water partition coefficient (Wildman–Crippen LogP) is 5.21. The third-order valence-corrected chi connectivity index (χ3v) is 4.75. The van der Waals surface area contributed by atoms with Crippen LogP contribution in [0.2, 0.25) is 0 Å². The Labute approximate surface area is 139 Å². The molecular formula is C18H24ClNS. The largest absolute Gasteiger partial charge is 0.307 e. The molecule has 1 unspecified atom stereocenters. The Morgan fingerprint density at radius 2 is 1.57 bits per heavy atom. The fourth-order valence-electron chi connectivity index (χ4n) is 2.05. The van der Waals surface area contributed by atoms with E-state index in [2.05, 4.69) is 80.5 Å². The predicted molar refractivity (Wildman–Crippen MR) is 97.6 cm³/mol. The molecule has 0 radical (unpaired) electrons. The van der Waals surface area contributed by atoms with E-state index < -0.39 is 0 Å². The number of benzene rings is 2. The molecule has 2 aromatic rings. The van der Waals surface area contributed by atoms with E-state index in [0.29, 0.717) is 6.04 Å². The summed E-state index contributed by atoms with van der Waals surface area (Å²) in [6.45, 7) is 2.28. The molecule has 2 rings (SSSR count). The molecule has 3 heteroatoms. The Morgan fingerprint density at radius 3 is 2.24 bits per heavy atom. The van der Waals surface area contributed by atoms with Crippen molar-refractivity contribution in [3.05, 3.63) is 54.6 Å². The van der Waals surface area contributed by atoms with Crippen molar-refractivity contribution in [2.24, 2.45) is 0 Å². The normalized spacial score (nSPS) is 12.0. The van der Waals surface area contributed by atoms with Gasteiger partial charge in [-0.25, -0.2) is 0 Å². The maximum Gasteiger partial charge on any atom is 0.0150 e. The van der Waals surface area contributed by atoms with Crippen molar-refractivity contribution in [3.63, 3.8) is 0 Å². The van der Waals surface area contributed by atoms with Crippen LogP contribution >= 0.6 is 24.2 Å². The molecule has 0 aromatic heterocycles. The molecule has 0 amide bonds. The lowest BCUT2D eigenvalue weighted by atomic mass is 10.1. The van der Waals surface area contributed by atoms with E-state index in [9.17, 15) is 0 Å². The Balaban J connectivity index is 0.00000220. The van der Waals surface area contributed by atoms with Gasteiger partial charge >= 0.3 is 0 Å². The number of hydrogen-bond acceptors (Lipinski definition) is 2. The van der Waals surface area contributed by atoms with Crippen LogP contribution in [0.1, 0.15) is 13.3 Å². The fourth-order valence-corrected chi connectivity index (χ4v) is 3.24. The van der Waals surface area contributed by atoms with E-state index in [1.165, 1.54) is 22.4 Å². The van der Waals surface area contributed by atoms with Crippen LogP contribution in [0, 0.1) is 0 Å². The summed E-state index contributed by atoms with van der Waals surface area (Å²) in [6.07, 6.45) is 1.21. The van der Waals surface area contributed by atoms with Gasteiger partial charge in [-0.3, -0.25) is 0 Å². The van der Waals surface area contributed by atoms with E-state index in [0.717, 1.165) is 5.75 Å². The molecule has 114 valence electrons. The maximum absolute atomic E-state index is 2.28. The maximum atomic E-state index is 2.28. The van der Waals surface area contributed by atoms with E-state index in [1.807, 2.05) is 11.8 Å². The summed E-state index contributed by atoms with van der Waals surface area (Å²) < 4.78 is 0. The highest BCUT2D eigenvalue weighted by Crippen LogP contribution is 2.31. The zero-order chi connectivity index (χ0) is 14.4. The summed E-state index contributed by atoms with van der Waals surface area (Å²) in [6, 6.07) is 20.0. The summed E-state index contributed by atoms with van der Waals surface area (Å²) in [5.41, 5.74) is 2.65. The smallest absolute Gasteiger partial charge is 0.0150 e. The van der Waals surface area contributed by atoms with Gasteiger partial charge in [0.15, 0.2) is 0 Å². The SMILES string of the molecule is CC(CCSc1ccccc1-c1ccccc1)N(C)C.Cl. The lowest BCUT2D eigenvalue weighted by Crippen LogP contribution is -2.24. The molecule has 0 fully saturated rings. The van der Waals surface area contributed by atoms with Crippen LogP contribution in [-0.4, -0.2) is 30.8 Å². The minimum atomic E-state index is 0. The second kappa shape index (κ2) is 9.14. The second-order valence-corrected chi connectivity index (χ2v) is 6.45. The number of rotatable bonds is 6. The number of hydrogen-bond donors (Lipinski definition) is 0. The average Bonchev–Trinajstić information content (AvgIpc) is 2.48. The first kappa shape index (κ1) is 18.1. The Bertz CT molecular complexity index is 528. The molecule has 0 aliphatic heterocycles. The summed E-state index contributed by atoms with van der Waals surface area (Å²) in [5, 5.41) is 0. The molecule has 0 aliphatic rings. The van der Waals surface area contributed by atoms with Crippen LogP contribution in [0.3, 0.4) is 0 Å². The van der Waals surface area contributed by atoms with Gasteiger partial charge < -0.3 is 4.90 Å². The monoisotopic (exact) mass is 321 g/mol. The topological polar surface area (TPSA) is 3.24 Å². The third-order valence-electron chi connectivity index (χ3n) is 3.65. The van der Waals surface area contributed by atoms with Crippen LogP contribution in [0.25, 0.3) is 11.1 Å². The van der Waals surface area contributed by atoms with Crippen molar-refractivity contribution in [2.75, 3.05) is 19.8 Å². The minimum Gasteiger partial charge on any atom is -0.307 e. The second-order valence-electron chi connectivity index (χ2n) is 5.31. The zero-order valence-corrected chi connectivity index (χ0v) is 14.6. The molecule has 1 atom stereocenters. The molecule has 0 bridgehead atoms. The van der Waals surface area contributed by atoms with E-state index in [1.54, 1.807) is 0 Å². The van der Waals surface area contributed by atoms with Gasteiger partial charge in [-0.1, -0.05) is 48.5 Å². The summed E-state index contributed by atoms with van der Waals surface area (Å²) >= 11 is 1.96. The van der Waals surface area contributed by atoms with Crippen LogP contribution in [0.5, 0.6) is 0 Å². The van der Waals surface area contributed by atoms with Gasteiger partial charge in [0.2, 0.25) is 0 Å². The van der Waals surface area contributed by atoms with Gasteiger partial charge in [-0.15, -0.1) is 24.2 Å². The molecule has 0 saturated heterocycles. The van der Waals surface area contributed by atoms with Crippen LogP contribution in [-0.2, 0) is 0 Å². The quantitative estimate of drug-likeness (QED) is 0.672. The van der Waals surface area contributed by atoms with Crippen molar-refractivity contribution < 1.29 is 0 Å². The fraction of sp³-hybridized carbons (Fsp3) is 0.333. The van der Waals surface area contributed by atoms with Gasteiger partial charge in [-0.2, -0.15) is 0 Å². The van der Waals surface area contributed by atoms with Gasteiger partial charge in [0.25, 0.3) is 0 Å². The van der Waals surface area contributed by atoms with Crippen molar-refractivity contribution in [1.29, 1.82) is 0 Å². The molecule has 2 aromatic carbocycles. The van der Waals surface area contributed by atoms with Crippen molar-refractivity contribution in [3.8, 4) is 11.1 Å². The van der Waals surface area contributed by atoms with Gasteiger partial charge in [0.1, 0.15) is 0 Å². The van der Waals surface area contributed by atoms with Crippen LogP contribution in [0.4, 0.5) is 0 Å². The Hall–Kier alpha value is -0.960. The average molecular weight is 322 g/mol. The molecule has 21 heavy (non-hydrogen) atoms. The summed E-state index contributed by atoms with van der Waals surface area (Å²) in [4.78, 5) is 3.66. The summed E-state index contributed by atoms with van der Waals surface area (Å²) in [7, 11) is 4.29. The third kappa shape index (κ3) is 5.39. The molecule has 0 spiro atoms. The first-order valence-electron chi connectivity index (χ1n) is 7.12. The van der Waals surface area contributed by atoms with E-state index in [-0.39, 0.29) is 12.4 Å². The van der Waals surface area contributed by atoms with Crippen molar-refractivity contribution in [1.82, 2.24) is 4.90 Å². The molecule has 1 nitrogen and oxygen atoms in total. The minimum absolute atomic E-state index is 0. The molecule has 0 N–H and O–H groups in total. The number of nitrogens with zero attached hydrogens (tertiary/aromatic N) is 1. The number of thioether (sulfide) groups is 1. The number of halogens is 1. The highest BCUT2D eigenvalue weighted by Gasteiger charge is 2.07. The lowest BCUT2D eigenvalue weighted by molar-refractivity contribution is 0.308. The molecular weight excluding hydrogens is 298 g/mol. The lowest BCUT2D eigenvalue weighted by Gasteiger charge is -2.19. The highest BCUT2D eigenvalue weighted by atomic mass is 35.5. The highest BCUT2D eigenvalue weighted by molar-refractivity contribution is 7.99. The van der Waals surface area contributed by atoms with Crippen LogP contribution < -0.4 is 0 Å².